The summed E-state index contributed by atoms with van der Waals surface area (Å²) >= 11 is 6.24. The van der Waals surface area contributed by atoms with E-state index in [2.05, 4.69) is 19.2 Å². The summed E-state index contributed by atoms with van der Waals surface area (Å²) in [5.74, 6) is 1.76. The average molecular weight is 302 g/mol. The highest BCUT2D eigenvalue weighted by atomic mass is 35.5. The fourth-order valence-electron chi connectivity index (χ4n) is 1.76. The number of methoxy groups -OCH3 is 1. The van der Waals surface area contributed by atoms with Gasteiger partial charge in [0, 0.05) is 19.6 Å². The first-order valence-electron chi connectivity index (χ1n) is 6.89. The minimum absolute atomic E-state index is 0.0944. The van der Waals surface area contributed by atoms with E-state index in [0.717, 1.165) is 18.7 Å². The highest BCUT2D eigenvalue weighted by Gasteiger charge is 2.12. The molecule has 0 saturated carbocycles. The van der Waals surface area contributed by atoms with Crippen molar-refractivity contribution in [2.24, 2.45) is 5.92 Å². The van der Waals surface area contributed by atoms with Crippen molar-refractivity contribution in [3.63, 3.8) is 0 Å². The number of hydrogen-bond donors (Lipinski definition) is 2. The van der Waals surface area contributed by atoms with Crippen LogP contribution in [0.5, 0.6) is 11.5 Å². The van der Waals surface area contributed by atoms with Gasteiger partial charge in [-0.25, -0.2) is 0 Å². The first-order chi connectivity index (χ1) is 9.58. The molecule has 0 radical (unpaired) electrons. The van der Waals surface area contributed by atoms with E-state index < -0.39 is 0 Å². The van der Waals surface area contributed by atoms with Gasteiger partial charge in [-0.1, -0.05) is 25.4 Å². The maximum absolute atomic E-state index is 8.77. The Balaban J connectivity index is 2.73. The standard InChI is InChI=1S/C15H24ClNO3/c1-11(2)9-17-10-12-7-13(16)15(14(8-12)19-3)20-6-4-5-18/h7-8,11,17-18H,4-6,9-10H2,1-3H3. The third-order valence-corrected chi connectivity index (χ3v) is 3.00. The summed E-state index contributed by atoms with van der Waals surface area (Å²) in [6.45, 7) is 6.53. The van der Waals surface area contributed by atoms with E-state index in [0.29, 0.717) is 35.5 Å². The molecule has 0 heterocycles. The average Bonchev–Trinajstić information content (AvgIpc) is 2.40. The van der Waals surface area contributed by atoms with Crippen molar-refractivity contribution < 1.29 is 14.6 Å². The van der Waals surface area contributed by atoms with Gasteiger partial charge in [-0.3, -0.25) is 0 Å². The molecule has 2 N–H and O–H groups in total. The summed E-state index contributed by atoms with van der Waals surface area (Å²) in [6.07, 6.45) is 0.567. The lowest BCUT2D eigenvalue weighted by atomic mass is 10.1. The minimum Gasteiger partial charge on any atom is -0.493 e. The van der Waals surface area contributed by atoms with Gasteiger partial charge < -0.3 is 19.9 Å². The topological polar surface area (TPSA) is 50.7 Å². The number of hydrogen-bond acceptors (Lipinski definition) is 4. The summed E-state index contributed by atoms with van der Waals surface area (Å²) in [5, 5.41) is 12.7. The molecule has 0 spiro atoms. The van der Waals surface area contributed by atoms with E-state index in [-0.39, 0.29) is 6.61 Å². The van der Waals surface area contributed by atoms with Gasteiger partial charge in [-0.2, -0.15) is 0 Å². The SMILES string of the molecule is COc1cc(CNCC(C)C)cc(Cl)c1OCCCO. The van der Waals surface area contributed by atoms with Gasteiger partial charge in [0.25, 0.3) is 0 Å². The molecule has 20 heavy (non-hydrogen) atoms. The van der Waals surface area contributed by atoms with E-state index in [9.17, 15) is 0 Å². The smallest absolute Gasteiger partial charge is 0.179 e. The second-order valence-corrected chi connectivity index (χ2v) is 5.47. The number of benzene rings is 1. The Labute approximate surface area is 126 Å². The van der Waals surface area contributed by atoms with Crippen LogP contribution in [0.1, 0.15) is 25.8 Å². The van der Waals surface area contributed by atoms with Gasteiger partial charge in [-0.15, -0.1) is 0 Å². The van der Waals surface area contributed by atoms with Crippen molar-refractivity contribution in [2.75, 3.05) is 26.9 Å². The van der Waals surface area contributed by atoms with Gasteiger partial charge in [0.1, 0.15) is 0 Å². The van der Waals surface area contributed by atoms with Crippen molar-refractivity contribution in [2.45, 2.75) is 26.8 Å². The van der Waals surface area contributed by atoms with Gasteiger partial charge in [0.2, 0.25) is 0 Å². The van der Waals surface area contributed by atoms with Crippen LogP contribution < -0.4 is 14.8 Å². The van der Waals surface area contributed by atoms with E-state index >= 15 is 0 Å². The molecule has 4 nitrogen and oxygen atoms in total. The summed E-state index contributed by atoms with van der Waals surface area (Å²) in [6, 6.07) is 3.80. The largest absolute Gasteiger partial charge is 0.493 e. The van der Waals surface area contributed by atoms with Gasteiger partial charge >= 0.3 is 0 Å². The van der Waals surface area contributed by atoms with Crippen LogP contribution in [0.25, 0.3) is 0 Å². The number of aliphatic hydroxyl groups excluding tert-OH is 1. The highest BCUT2D eigenvalue weighted by molar-refractivity contribution is 6.32. The van der Waals surface area contributed by atoms with Crippen LogP contribution in [-0.2, 0) is 6.54 Å². The van der Waals surface area contributed by atoms with Crippen LogP contribution in [-0.4, -0.2) is 32.0 Å². The molecular weight excluding hydrogens is 278 g/mol. The molecule has 0 aliphatic rings. The molecule has 1 aromatic rings. The Morgan fingerprint density at radius 1 is 1.35 bits per heavy atom. The zero-order chi connectivity index (χ0) is 15.0. The summed E-state index contributed by atoms with van der Waals surface area (Å²) in [5.41, 5.74) is 1.06. The first-order valence-corrected chi connectivity index (χ1v) is 7.27. The Morgan fingerprint density at radius 3 is 2.70 bits per heavy atom. The van der Waals surface area contributed by atoms with E-state index in [4.69, 9.17) is 26.2 Å². The molecule has 0 aromatic heterocycles. The Bertz CT molecular complexity index is 410. The van der Waals surface area contributed by atoms with Crippen molar-refractivity contribution in [1.29, 1.82) is 0 Å². The number of rotatable bonds is 9. The lowest BCUT2D eigenvalue weighted by Gasteiger charge is -2.14. The van der Waals surface area contributed by atoms with Crippen LogP contribution in [0.3, 0.4) is 0 Å². The van der Waals surface area contributed by atoms with Gasteiger partial charge in [-0.05, 0) is 30.2 Å². The molecule has 5 heteroatoms. The van der Waals surface area contributed by atoms with Crippen molar-refractivity contribution in [3.8, 4) is 11.5 Å². The Morgan fingerprint density at radius 2 is 2.10 bits per heavy atom. The van der Waals surface area contributed by atoms with Crippen LogP contribution in [0, 0.1) is 5.92 Å². The summed E-state index contributed by atoms with van der Waals surface area (Å²) < 4.78 is 10.9. The maximum Gasteiger partial charge on any atom is 0.179 e. The number of ether oxygens (including phenoxy) is 2. The summed E-state index contributed by atoms with van der Waals surface area (Å²) in [7, 11) is 1.59. The molecule has 0 fully saturated rings. The number of nitrogens with one attached hydrogen (secondary N) is 1. The predicted molar refractivity (Wildman–Crippen MR) is 81.7 cm³/mol. The second kappa shape index (κ2) is 9.06. The molecule has 0 bridgehead atoms. The Hall–Kier alpha value is -0.970. The third kappa shape index (κ3) is 5.57. The van der Waals surface area contributed by atoms with Crippen LogP contribution >= 0.6 is 11.6 Å². The molecular formula is C15H24ClNO3. The molecule has 0 aliphatic carbocycles. The van der Waals surface area contributed by atoms with Crippen LogP contribution in [0.4, 0.5) is 0 Å². The second-order valence-electron chi connectivity index (χ2n) is 5.06. The molecule has 0 amide bonds. The third-order valence-electron chi connectivity index (χ3n) is 2.72. The van der Waals surface area contributed by atoms with E-state index in [1.165, 1.54) is 0 Å². The van der Waals surface area contributed by atoms with Crippen LogP contribution in [0.2, 0.25) is 5.02 Å². The quantitative estimate of drug-likeness (QED) is 0.689. The van der Waals surface area contributed by atoms with E-state index in [1.54, 1.807) is 7.11 Å². The number of aliphatic hydroxyl groups is 1. The zero-order valence-electron chi connectivity index (χ0n) is 12.4. The molecule has 0 saturated heterocycles. The van der Waals surface area contributed by atoms with Crippen molar-refractivity contribution in [1.82, 2.24) is 5.32 Å². The highest BCUT2D eigenvalue weighted by Crippen LogP contribution is 2.36. The fourth-order valence-corrected chi connectivity index (χ4v) is 2.05. The first kappa shape index (κ1) is 17.1. The van der Waals surface area contributed by atoms with Crippen molar-refractivity contribution >= 4 is 11.6 Å². The molecule has 1 aromatic carbocycles. The zero-order valence-corrected chi connectivity index (χ0v) is 13.2. The molecule has 114 valence electrons. The fraction of sp³-hybridized carbons (Fsp3) is 0.600. The molecule has 1 rings (SSSR count). The molecule has 0 unspecified atom stereocenters. The molecule has 0 atom stereocenters. The Kier molecular flexibility index (Phi) is 7.73. The molecule has 0 aliphatic heterocycles. The lowest BCUT2D eigenvalue weighted by molar-refractivity contribution is 0.228. The van der Waals surface area contributed by atoms with Gasteiger partial charge in [0.15, 0.2) is 11.5 Å². The normalized spacial score (nSPS) is 10.9. The number of halogens is 1. The maximum atomic E-state index is 8.77. The van der Waals surface area contributed by atoms with Gasteiger partial charge in [0.05, 0.1) is 18.7 Å². The predicted octanol–water partition coefficient (Wildman–Crippen LogP) is 2.86. The van der Waals surface area contributed by atoms with E-state index in [1.807, 2.05) is 12.1 Å². The van der Waals surface area contributed by atoms with Crippen LogP contribution in [0.15, 0.2) is 12.1 Å². The minimum atomic E-state index is 0.0944. The van der Waals surface area contributed by atoms with Crippen molar-refractivity contribution in [3.05, 3.63) is 22.7 Å². The monoisotopic (exact) mass is 301 g/mol. The lowest BCUT2D eigenvalue weighted by Crippen LogP contribution is -2.19. The summed E-state index contributed by atoms with van der Waals surface area (Å²) in [4.78, 5) is 0.